The first-order valence-corrected chi connectivity index (χ1v) is 5.31. The third-order valence-corrected chi connectivity index (χ3v) is 2.49. The summed E-state index contributed by atoms with van der Waals surface area (Å²) < 4.78 is 0. The van der Waals surface area contributed by atoms with Gasteiger partial charge in [0.05, 0.1) is 4.92 Å². The van der Waals surface area contributed by atoms with Gasteiger partial charge >= 0.3 is 0 Å². The molecule has 0 atom stereocenters. The molecule has 0 unspecified atom stereocenters. The van der Waals surface area contributed by atoms with Gasteiger partial charge in [-0.2, -0.15) is 0 Å². The Morgan fingerprint density at radius 3 is 2.47 bits per heavy atom. The van der Waals surface area contributed by atoms with Crippen LogP contribution in [0.15, 0.2) is 18.2 Å². The van der Waals surface area contributed by atoms with Crippen LogP contribution in [0, 0.1) is 10.1 Å². The van der Waals surface area contributed by atoms with Gasteiger partial charge in [0, 0.05) is 31.9 Å². The molecule has 0 aliphatic carbocycles. The number of hydrogen-bond donors (Lipinski definition) is 1. The first kappa shape index (κ1) is 13.2. The van der Waals surface area contributed by atoms with E-state index >= 15 is 0 Å². The van der Waals surface area contributed by atoms with Crippen LogP contribution in [-0.2, 0) is 0 Å². The van der Waals surface area contributed by atoms with Gasteiger partial charge in [0.1, 0.15) is 5.69 Å². The molecule has 0 aromatic heterocycles. The average molecular weight is 238 g/mol. The smallest absolute Gasteiger partial charge is 0.292 e. The lowest BCUT2D eigenvalue weighted by molar-refractivity contribution is -0.384. The van der Waals surface area contributed by atoms with Gasteiger partial charge < -0.3 is 15.5 Å². The van der Waals surface area contributed by atoms with Gasteiger partial charge in [-0.05, 0) is 26.2 Å². The summed E-state index contributed by atoms with van der Waals surface area (Å²) in [5.74, 6) is 0. The van der Waals surface area contributed by atoms with Gasteiger partial charge in [-0.1, -0.05) is 0 Å². The number of nitrogen functional groups attached to an aromatic ring is 1. The molecule has 0 aliphatic heterocycles. The van der Waals surface area contributed by atoms with E-state index in [0.29, 0.717) is 17.9 Å². The number of hydrogen-bond acceptors (Lipinski definition) is 5. The molecule has 0 radical (unpaired) electrons. The van der Waals surface area contributed by atoms with E-state index in [1.54, 1.807) is 12.1 Å². The SMILES string of the molecule is CN(C)CCN(C)c1cc(N)ccc1[N+](=O)[O-]. The molecular weight excluding hydrogens is 220 g/mol. The van der Waals surface area contributed by atoms with E-state index in [2.05, 4.69) is 0 Å². The van der Waals surface area contributed by atoms with Crippen molar-refractivity contribution in [2.75, 3.05) is 44.9 Å². The van der Waals surface area contributed by atoms with Crippen molar-refractivity contribution in [3.63, 3.8) is 0 Å². The zero-order chi connectivity index (χ0) is 13.0. The molecule has 0 heterocycles. The molecule has 6 nitrogen and oxygen atoms in total. The lowest BCUT2D eigenvalue weighted by Crippen LogP contribution is -2.28. The van der Waals surface area contributed by atoms with Crippen LogP contribution in [0.3, 0.4) is 0 Å². The first-order chi connectivity index (χ1) is 7.91. The summed E-state index contributed by atoms with van der Waals surface area (Å²) >= 11 is 0. The van der Waals surface area contributed by atoms with Gasteiger partial charge in [0.2, 0.25) is 0 Å². The Bertz CT molecular complexity index is 406. The zero-order valence-electron chi connectivity index (χ0n) is 10.4. The summed E-state index contributed by atoms with van der Waals surface area (Å²) in [5, 5.41) is 10.9. The highest BCUT2D eigenvalue weighted by Crippen LogP contribution is 2.29. The second-order valence-electron chi connectivity index (χ2n) is 4.23. The van der Waals surface area contributed by atoms with E-state index in [-0.39, 0.29) is 10.6 Å². The van der Waals surface area contributed by atoms with Gasteiger partial charge in [0.25, 0.3) is 5.69 Å². The van der Waals surface area contributed by atoms with Crippen LogP contribution >= 0.6 is 0 Å². The fourth-order valence-corrected chi connectivity index (χ4v) is 1.47. The molecule has 94 valence electrons. The lowest BCUT2D eigenvalue weighted by atomic mass is 10.2. The maximum atomic E-state index is 10.9. The van der Waals surface area contributed by atoms with Crippen molar-refractivity contribution in [2.24, 2.45) is 0 Å². The van der Waals surface area contributed by atoms with Crippen molar-refractivity contribution in [1.82, 2.24) is 4.90 Å². The van der Waals surface area contributed by atoms with Crippen molar-refractivity contribution in [2.45, 2.75) is 0 Å². The molecule has 2 N–H and O–H groups in total. The Morgan fingerprint density at radius 2 is 1.94 bits per heavy atom. The van der Waals surface area contributed by atoms with E-state index < -0.39 is 0 Å². The fourth-order valence-electron chi connectivity index (χ4n) is 1.47. The van der Waals surface area contributed by atoms with Crippen LogP contribution in [0.4, 0.5) is 17.1 Å². The zero-order valence-corrected chi connectivity index (χ0v) is 10.4. The normalized spacial score (nSPS) is 10.6. The minimum atomic E-state index is -0.388. The molecule has 1 aromatic rings. The molecule has 0 fully saturated rings. The third-order valence-electron chi connectivity index (χ3n) is 2.49. The fraction of sp³-hybridized carbons (Fsp3) is 0.455. The van der Waals surface area contributed by atoms with Crippen LogP contribution in [0.25, 0.3) is 0 Å². The Balaban J connectivity index is 2.94. The summed E-state index contributed by atoms with van der Waals surface area (Å²) in [5.41, 5.74) is 6.83. The predicted molar refractivity (Wildman–Crippen MR) is 69.3 cm³/mol. The van der Waals surface area contributed by atoms with Crippen LogP contribution in [0.5, 0.6) is 0 Å². The van der Waals surface area contributed by atoms with Gasteiger partial charge in [0.15, 0.2) is 0 Å². The minimum Gasteiger partial charge on any atom is -0.399 e. The topological polar surface area (TPSA) is 75.6 Å². The standard InChI is InChI=1S/C11H18N4O2/c1-13(2)6-7-14(3)11-8-9(12)4-5-10(11)15(16)17/h4-5,8H,6-7,12H2,1-3H3. The first-order valence-electron chi connectivity index (χ1n) is 5.31. The van der Waals surface area contributed by atoms with E-state index in [0.717, 1.165) is 6.54 Å². The monoisotopic (exact) mass is 238 g/mol. The molecule has 0 saturated heterocycles. The summed E-state index contributed by atoms with van der Waals surface area (Å²) in [7, 11) is 5.74. The second kappa shape index (κ2) is 5.49. The van der Waals surface area contributed by atoms with Gasteiger partial charge in [-0.3, -0.25) is 10.1 Å². The highest BCUT2D eigenvalue weighted by atomic mass is 16.6. The molecule has 1 rings (SSSR count). The molecule has 0 saturated carbocycles. The molecule has 0 spiro atoms. The minimum absolute atomic E-state index is 0.0838. The quantitative estimate of drug-likeness (QED) is 0.473. The van der Waals surface area contributed by atoms with Gasteiger partial charge in [-0.25, -0.2) is 0 Å². The number of benzene rings is 1. The van der Waals surface area contributed by atoms with Crippen molar-refractivity contribution >= 4 is 17.1 Å². The lowest BCUT2D eigenvalue weighted by Gasteiger charge is -2.21. The summed E-state index contributed by atoms with van der Waals surface area (Å²) in [6, 6.07) is 4.62. The molecule has 6 heteroatoms. The average Bonchev–Trinajstić information content (AvgIpc) is 2.25. The summed E-state index contributed by atoms with van der Waals surface area (Å²) in [6.45, 7) is 1.53. The van der Waals surface area contributed by atoms with Crippen molar-refractivity contribution in [3.8, 4) is 0 Å². The number of nitro benzene ring substituents is 1. The molecule has 17 heavy (non-hydrogen) atoms. The van der Waals surface area contributed by atoms with Crippen molar-refractivity contribution in [1.29, 1.82) is 0 Å². The Morgan fingerprint density at radius 1 is 1.29 bits per heavy atom. The number of nitro groups is 1. The molecule has 1 aromatic carbocycles. The third kappa shape index (κ3) is 3.60. The van der Waals surface area contributed by atoms with E-state index in [4.69, 9.17) is 5.73 Å². The highest BCUT2D eigenvalue weighted by Gasteiger charge is 2.17. The Kier molecular flexibility index (Phi) is 4.28. The van der Waals surface area contributed by atoms with Crippen molar-refractivity contribution in [3.05, 3.63) is 28.3 Å². The number of nitrogens with two attached hydrogens (primary N) is 1. The molecule has 0 amide bonds. The predicted octanol–water partition coefficient (Wildman–Crippen LogP) is 1.17. The second-order valence-corrected chi connectivity index (χ2v) is 4.23. The van der Waals surface area contributed by atoms with Gasteiger partial charge in [-0.15, -0.1) is 0 Å². The van der Waals surface area contributed by atoms with Crippen LogP contribution < -0.4 is 10.6 Å². The highest BCUT2D eigenvalue weighted by molar-refractivity contribution is 5.68. The molecule has 0 bridgehead atoms. The number of nitrogens with zero attached hydrogens (tertiary/aromatic N) is 3. The Labute approximate surface area is 101 Å². The number of rotatable bonds is 5. The van der Waals surface area contributed by atoms with E-state index in [9.17, 15) is 10.1 Å². The molecular formula is C11H18N4O2. The van der Waals surface area contributed by atoms with Crippen LogP contribution in [0.1, 0.15) is 0 Å². The maximum Gasteiger partial charge on any atom is 0.292 e. The number of likely N-dealkylation sites (N-methyl/N-ethyl adjacent to an activating group) is 2. The maximum absolute atomic E-state index is 10.9. The van der Waals surface area contributed by atoms with Crippen LogP contribution in [-0.4, -0.2) is 44.1 Å². The number of anilines is 2. The molecule has 0 aliphatic rings. The largest absolute Gasteiger partial charge is 0.399 e. The Hall–Kier alpha value is -1.82. The van der Waals surface area contributed by atoms with Crippen LogP contribution in [0.2, 0.25) is 0 Å². The van der Waals surface area contributed by atoms with E-state index in [1.807, 2.05) is 30.9 Å². The van der Waals surface area contributed by atoms with Crippen molar-refractivity contribution < 1.29 is 4.92 Å². The van der Waals surface area contributed by atoms with E-state index in [1.165, 1.54) is 6.07 Å². The summed E-state index contributed by atoms with van der Waals surface area (Å²) in [4.78, 5) is 14.4. The summed E-state index contributed by atoms with van der Waals surface area (Å²) in [6.07, 6.45) is 0.